The van der Waals surface area contributed by atoms with Crippen LogP contribution in [0.3, 0.4) is 0 Å². The van der Waals surface area contributed by atoms with Crippen LogP contribution in [-0.2, 0) is 9.57 Å². The Labute approximate surface area is 200 Å². The van der Waals surface area contributed by atoms with Gasteiger partial charge in [-0.2, -0.15) is 5.10 Å². The van der Waals surface area contributed by atoms with Gasteiger partial charge in [-0.3, -0.25) is 0 Å². The summed E-state index contributed by atoms with van der Waals surface area (Å²) in [6, 6.07) is 4.31. The van der Waals surface area contributed by atoms with E-state index in [1.165, 1.54) is 40.9 Å². The SMILES string of the molecule is C#Cc1c(Oc2ccc(-n3cncn3)cc2F)ncnc1OC1CCN(OC(=O)OC(C)C)CC1. The van der Waals surface area contributed by atoms with E-state index in [-0.39, 0.29) is 35.3 Å². The van der Waals surface area contributed by atoms with Gasteiger partial charge in [0, 0.05) is 32.0 Å². The van der Waals surface area contributed by atoms with E-state index in [0.717, 1.165) is 0 Å². The Morgan fingerprint density at radius 3 is 2.63 bits per heavy atom. The van der Waals surface area contributed by atoms with E-state index in [9.17, 15) is 9.18 Å². The van der Waals surface area contributed by atoms with Gasteiger partial charge in [-0.05, 0) is 26.0 Å². The molecule has 4 rings (SSSR count). The summed E-state index contributed by atoms with van der Waals surface area (Å²) in [6.45, 7) is 4.38. The maximum atomic E-state index is 14.7. The highest BCUT2D eigenvalue weighted by Gasteiger charge is 2.26. The van der Waals surface area contributed by atoms with Crippen molar-refractivity contribution in [3.63, 3.8) is 0 Å². The number of halogens is 1. The maximum absolute atomic E-state index is 14.7. The molecule has 182 valence electrons. The molecule has 3 heterocycles. The Kier molecular flexibility index (Phi) is 7.37. The molecule has 0 spiro atoms. The second kappa shape index (κ2) is 10.8. The number of hydrogen-bond acceptors (Lipinski definition) is 10. The smallest absolute Gasteiger partial charge is 0.473 e. The van der Waals surface area contributed by atoms with Crippen LogP contribution in [0.4, 0.5) is 9.18 Å². The lowest BCUT2D eigenvalue weighted by molar-refractivity contribution is -0.151. The Balaban J connectivity index is 1.40. The van der Waals surface area contributed by atoms with Crippen LogP contribution < -0.4 is 9.47 Å². The van der Waals surface area contributed by atoms with Gasteiger partial charge in [-0.25, -0.2) is 28.8 Å². The summed E-state index contributed by atoms with van der Waals surface area (Å²) < 4.78 is 32.7. The minimum Gasteiger partial charge on any atom is -0.473 e. The summed E-state index contributed by atoms with van der Waals surface area (Å²) in [4.78, 5) is 28.9. The minimum absolute atomic E-state index is 0.0119. The molecule has 3 aromatic rings. The van der Waals surface area contributed by atoms with Crippen molar-refractivity contribution in [2.75, 3.05) is 13.1 Å². The fourth-order valence-electron chi connectivity index (χ4n) is 3.32. The number of benzene rings is 1. The predicted molar refractivity (Wildman–Crippen MR) is 119 cm³/mol. The topological polar surface area (TPSA) is 114 Å². The predicted octanol–water partition coefficient (Wildman–Crippen LogP) is 3.29. The van der Waals surface area contributed by atoms with Gasteiger partial charge in [0.05, 0.1) is 11.8 Å². The largest absolute Gasteiger partial charge is 0.528 e. The van der Waals surface area contributed by atoms with E-state index in [1.807, 2.05) is 0 Å². The zero-order valence-corrected chi connectivity index (χ0v) is 19.1. The first-order chi connectivity index (χ1) is 16.9. The number of carbonyl (C=O) groups excluding carboxylic acids is 1. The van der Waals surface area contributed by atoms with Crippen LogP contribution in [0.2, 0.25) is 0 Å². The second-order valence-corrected chi connectivity index (χ2v) is 7.81. The summed E-state index contributed by atoms with van der Waals surface area (Å²) in [6.07, 6.45) is 9.57. The molecule has 0 N–H and O–H groups in total. The van der Waals surface area contributed by atoms with Crippen LogP contribution in [0.1, 0.15) is 32.3 Å². The van der Waals surface area contributed by atoms with Crippen molar-refractivity contribution in [1.29, 1.82) is 0 Å². The molecular formula is C23H23FN6O5. The summed E-state index contributed by atoms with van der Waals surface area (Å²) in [5.41, 5.74) is 0.635. The van der Waals surface area contributed by atoms with Crippen LogP contribution in [-0.4, -0.2) is 61.2 Å². The third-order valence-electron chi connectivity index (χ3n) is 4.94. The Morgan fingerprint density at radius 1 is 1.20 bits per heavy atom. The highest BCUT2D eigenvalue weighted by Crippen LogP contribution is 2.31. The number of hydroxylamine groups is 2. The molecule has 12 heteroatoms. The quantitative estimate of drug-likeness (QED) is 0.367. The molecule has 1 saturated heterocycles. The molecule has 1 aromatic carbocycles. The molecule has 0 amide bonds. The first kappa shape index (κ1) is 23.9. The Morgan fingerprint density at radius 2 is 1.97 bits per heavy atom. The molecule has 0 unspecified atom stereocenters. The van der Waals surface area contributed by atoms with Crippen LogP contribution >= 0.6 is 0 Å². The minimum atomic E-state index is -0.742. The molecule has 0 aliphatic carbocycles. The van der Waals surface area contributed by atoms with Crippen LogP contribution in [0, 0.1) is 18.2 Å². The number of aromatic nitrogens is 5. The lowest BCUT2D eigenvalue weighted by Gasteiger charge is -2.30. The number of carbonyl (C=O) groups is 1. The van der Waals surface area contributed by atoms with Crippen LogP contribution in [0.15, 0.2) is 37.2 Å². The molecular weight excluding hydrogens is 459 g/mol. The van der Waals surface area contributed by atoms with Crippen molar-refractivity contribution in [1.82, 2.24) is 29.8 Å². The highest BCUT2D eigenvalue weighted by atomic mass is 19.1. The maximum Gasteiger partial charge on any atom is 0.528 e. The molecule has 11 nitrogen and oxygen atoms in total. The van der Waals surface area contributed by atoms with Gasteiger partial charge < -0.3 is 19.0 Å². The van der Waals surface area contributed by atoms with Gasteiger partial charge in [-0.1, -0.05) is 5.92 Å². The van der Waals surface area contributed by atoms with Gasteiger partial charge in [0.15, 0.2) is 11.6 Å². The normalized spacial score (nSPS) is 14.4. The average molecular weight is 482 g/mol. The molecule has 0 atom stereocenters. The van der Waals surface area contributed by atoms with Gasteiger partial charge in [0.2, 0.25) is 11.8 Å². The van der Waals surface area contributed by atoms with Crippen molar-refractivity contribution in [3.05, 3.63) is 48.6 Å². The highest BCUT2D eigenvalue weighted by molar-refractivity contribution is 5.59. The van der Waals surface area contributed by atoms with Crippen molar-refractivity contribution >= 4 is 6.16 Å². The monoisotopic (exact) mass is 482 g/mol. The molecule has 1 fully saturated rings. The summed E-state index contributed by atoms with van der Waals surface area (Å²) in [5.74, 6) is 1.89. The Hall–Kier alpha value is -4.24. The number of terminal acetylenes is 1. The van der Waals surface area contributed by atoms with E-state index in [1.54, 1.807) is 19.9 Å². The van der Waals surface area contributed by atoms with E-state index in [0.29, 0.717) is 31.6 Å². The second-order valence-electron chi connectivity index (χ2n) is 7.81. The third kappa shape index (κ3) is 6.01. The summed E-state index contributed by atoms with van der Waals surface area (Å²) in [5, 5.41) is 5.49. The molecule has 1 aliphatic heterocycles. The van der Waals surface area contributed by atoms with E-state index >= 15 is 0 Å². The Bertz CT molecular complexity index is 1210. The molecule has 35 heavy (non-hydrogen) atoms. The molecule has 0 radical (unpaired) electrons. The van der Waals surface area contributed by atoms with Gasteiger partial charge in [0.1, 0.15) is 30.6 Å². The van der Waals surface area contributed by atoms with Crippen LogP contribution in [0.25, 0.3) is 5.69 Å². The van der Waals surface area contributed by atoms with Crippen molar-refractivity contribution in [2.45, 2.75) is 38.9 Å². The van der Waals surface area contributed by atoms with Gasteiger partial charge >= 0.3 is 6.16 Å². The van der Waals surface area contributed by atoms with E-state index in [2.05, 4.69) is 26.0 Å². The summed E-state index contributed by atoms with van der Waals surface area (Å²) >= 11 is 0. The van der Waals surface area contributed by atoms with Gasteiger partial charge in [-0.15, -0.1) is 11.5 Å². The number of hydrogen-bond donors (Lipinski definition) is 0. The summed E-state index contributed by atoms with van der Waals surface area (Å²) in [7, 11) is 0. The first-order valence-electron chi connectivity index (χ1n) is 10.9. The zero-order chi connectivity index (χ0) is 24.8. The fraction of sp³-hybridized carbons (Fsp3) is 0.348. The molecule has 1 aliphatic rings. The fourth-order valence-corrected chi connectivity index (χ4v) is 3.32. The number of piperidine rings is 1. The molecule has 0 saturated carbocycles. The van der Waals surface area contributed by atoms with E-state index in [4.69, 9.17) is 25.5 Å². The average Bonchev–Trinajstić information content (AvgIpc) is 3.36. The lowest BCUT2D eigenvalue weighted by atomic mass is 10.1. The molecule has 0 bridgehead atoms. The number of nitrogens with zero attached hydrogens (tertiary/aromatic N) is 6. The first-order valence-corrected chi connectivity index (χ1v) is 10.9. The number of rotatable bonds is 7. The van der Waals surface area contributed by atoms with Crippen LogP contribution in [0.5, 0.6) is 17.5 Å². The van der Waals surface area contributed by atoms with E-state index < -0.39 is 12.0 Å². The standard InChI is InChI=1S/C23H23FN6O5/c1-4-18-21(33-17-7-9-29(10-8-17)35-23(31)32-15(2)3)26-13-27-22(18)34-20-6-5-16(11-19(20)24)30-14-25-12-28-30/h1,5-6,11-15,17H,7-10H2,2-3H3. The molecule has 2 aromatic heterocycles. The van der Waals surface area contributed by atoms with Crippen molar-refractivity contribution in [2.24, 2.45) is 0 Å². The lowest BCUT2D eigenvalue weighted by Crippen LogP contribution is -2.40. The van der Waals surface area contributed by atoms with Gasteiger partial charge in [0.25, 0.3) is 0 Å². The number of ether oxygens (including phenoxy) is 3. The van der Waals surface area contributed by atoms with Crippen molar-refractivity contribution in [3.8, 4) is 35.5 Å². The zero-order valence-electron chi connectivity index (χ0n) is 19.1. The van der Waals surface area contributed by atoms with Crippen molar-refractivity contribution < 1.29 is 28.2 Å². The third-order valence-corrected chi connectivity index (χ3v) is 4.94.